The molecule has 142 valence electrons. The molecule has 2 rings (SSSR count). The fourth-order valence-electron chi connectivity index (χ4n) is 2.64. The normalized spacial score (nSPS) is 11.7. The minimum absolute atomic E-state index is 0.118. The summed E-state index contributed by atoms with van der Waals surface area (Å²) in [6.07, 6.45) is 3.15. The molecule has 0 saturated heterocycles. The second-order valence-electron chi connectivity index (χ2n) is 5.68. The van der Waals surface area contributed by atoms with E-state index >= 15 is 0 Å². The molecule has 1 heterocycles. The zero-order valence-electron chi connectivity index (χ0n) is 15.1. The number of carbonyl (C=O) groups is 1. The lowest BCUT2D eigenvalue weighted by atomic mass is 10.2. The summed E-state index contributed by atoms with van der Waals surface area (Å²) in [4.78, 5) is 14.7. The summed E-state index contributed by atoms with van der Waals surface area (Å²) in [5.74, 6) is -0.239. The highest BCUT2D eigenvalue weighted by atomic mass is 79.9. The van der Waals surface area contributed by atoms with Gasteiger partial charge in [-0.1, -0.05) is 13.8 Å². The maximum atomic E-state index is 13.0. The predicted octanol–water partition coefficient (Wildman–Crippen LogP) is 3.73. The lowest BCUT2D eigenvalue weighted by molar-refractivity contribution is 0.0751. The molecule has 8 heteroatoms. The number of rotatable bonds is 8. The first-order valence-corrected chi connectivity index (χ1v) is 10.7. The molecular formula is C18H23BrN2O4S. The van der Waals surface area contributed by atoms with Crippen molar-refractivity contribution in [3.63, 3.8) is 0 Å². The molecule has 0 N–H and O–H groups in total. The van der Waals surface area contributed by atoms with Crippen molar-refractivity contribution < 1.29 is 17.6 Å². The van der Waals surface area contributed by atoms with Gasteiger partial charge in [-0.3, -0.25) is 4.79 Å². The Morgan fingerprint density at radius 3 is 2.35 bits per heavy atom. The van der Waals surface area contributed by atoms with E-state index in [2.05, 4.69) is 15.9 Å². The van der Waals surface area contributed by atoms with Gasteiger partial charge in [-0.15, -0.1) is 0 Å². The van der Waals surface area contributed by atoms with E-state index in [1.807, 2.05) is 6.92 Å². The Bertz CT molecular complexity index is 846. The van der Waals surface area contributed by atoms with Gasteiger partial charge < -0.3 is 9.32 Å². The summed E-state index contributed by atoms with van der Waals surface area (Å²) in [6.45, 7) is 7.09. The maximum Gasteiger partial charge on any atom is 0.255 e. The van der Waals surface area contributed by atoms with E-state index in [1.54, 1.807) is 43.4 Å². The molecule has 0 aliphatic heterocycles. The number of halogens is 1. The summed E-state index contributed by atoms with van der Waals surface area (Å²) in [5.41, 5.74) is 1.20. The van der Waals surface area contributed by atoms with Gasteiger partial charge in [-0.2, -0.15) is 4.31 Å². The standard InChI is InChI=1S/C18H23BrN2O4S/c1-4-20(12-14-9-10-25-13-14)18(22)16-11-15(7-8-17(16)19)26(23,24)21(5-2)6-3/h7-11,13H,4-6,12H2,1-3H3. The topological polar surface area (TPSA) is 70.8 Å². The lowest BCUT2D eigenvalue weighted by Gasteiger charge is -2.22. The van der Waals surface area contributed by atoms with Gasteiger partial charge >= 0.3 is 0 Å². The Kier molecular flexibility index (Phi) is 7.02. The Balaban J connectivity index is 2.38. The maximum absolute atomic E-state index is 13.0. The fourth-order valence-corrected chi connectivity index (χ4v) is 4.54. The van der Waals surface area contributed by atoms with Gasteiger partial charge in [0.15, 0.2) is 0 Å². The molecule has 26 heavy (non-hydrogen) atoms. The number of sulfonamides is 1. The van der Waals surface area contributed by atoms with Crippen molar-refractivity contribution in [2.24, 2.45) is 0 Å². The number of amides is 1. The molecular weight excluding hydrogens is 420 g/mol. The minimum Gasteiger partial charge on any atom is -0.472 e. The van der Waals surface area contributed by atoms with Crippen LogP contribution < -0.4 is 0 Å². The van der Waals surface area contributed by atoms with Crippen LogP contribution in [0.1, 0.15) is 36.7 Å². The SMILES string of the molecule is CCN(Cc1ccoc1)C(=O)c1cc(S(=O)(=O)N(CC)CC)ccc1Br. The fraction of sp³-hybridized carbons (Fsp3) is 0.389. The Hall–Kier alpha value is -1.64. The number of furan rings is 1. The molecule has 0 bridgehead atoms. The van der Waals surface area contributed by atoms with E-state index < -0.39 is 10.0 Å². The summed E-state index contributed by atoms with van der Waals surface area (Å²) < 4.78 is 32.5. The lowest BCUT2D eigenvalue weighted by Crippen LogP contribution is -2.32. The van der Waals surface area contributed by atoms with Crippen LogP contribution in [0.2, 0.25) is 0 Å². The van der Waals surface area contributed by atoms with Crippen molar-refractivity contribution in [1.29, 1.82) is 0 Å². The van der Waals surface area contributed by atoms with E-state index in [0.717, 1.165) is 5.56 Å². The Labute approximate surface area is 163 Å². The number of carbonyl (C=O) groups excluding carboxylic acids is 1. The number of nitrogens with zero attached hydrogens (tertiary/aromatic N) is 2. The largest absolute Gasteiger partial charge is 0.472 e. The second kappa shape index (κ2) is 8.83. The predicted molar refractivity (Wildman–Crippen MR) is 103 cm³/mol. The van der Waals surface area contributed by atoms with Crippen molar-refractivity contribution in [3.8, 4) is 0 Å². The van der Waals surface area contributed by atoms with Crippen molar-refractivity contribution in [1.82, 2.24) is 9.21 Å². The van der Waals surface area contributed by atoms with Crippen molar-refractivity contribution in [2.75, 3.05) is 19.6 Å². The summed E-state index contributed by atoms with van der Waals surface area (Å²) in [5, 5.41) is 0. The van der Waals surface area contributed by atoms with E-state index in [9.17, 15) is 13.2 Å². The van der Waals surface area contributed by atoms with Crippen LogP contribution in [0.15, 0.2) is 50.6 Å². The minimum atomic E-state index is -3.63. The van der Waals surface area contributed by atoms with Gasteiger partial charge in [0.2, 0.25) is 10.0 Å². The van der Waals surface area contributed by atoms with Crippen molar-refractivity contribution in [3.05, 3.63) is 52.4 Å². The first-order chi connectivity index (χ1) is 12.3. The van der Waals surface area contributed by atoms with Crippen LogP contribution in [-0.4, -0.2) is 43.2 Å². The summed E-state index contributed by atoms with van der Waals surface area (Å²) in [7, 11) is -3.63. The van der Waals surface area contributed by atoms with E-state index in [4.69, 9.17) is 4.42 Å². The second-order valence-corrected chi connectivity index (χ2v) is 8.47. The molecule has 0 atom stereocenters. The molecule has 0 aliphatic rings. The zero-order chi connectivity index (χ0) is 19.3. The van der Waals surface area contributed by atoms with Crippen LogP contribution in [0.4, 0.5) is 0 Å². The van der Waals surface area contributed by atoms with Gasteiger partial charge in [-0.05, 0) is 47.1 Å². The first-order valence-electron chi connectivity index (χ1n) is 8.45. The molecule has 0 saturated carbocycles. The average Bonchev–Trinajstić information content (AvgIpc) is 3.13. The highest BCUT2D eigenvalue weighted by Crippen LogP contribution is 2.25. The van der Waals surface area contributed by atoms with E-state index in [0.29, 0.717) is 36.2 Å². The number of benzene rings is 1. The summed E-state index contributed by atoms with van der Waals surface area (Å²) >= 11 is 3.37. The van der Waals surface area contributed by atoms with Crippen LogP contribution in [0, 0.1) is 0 Å². The van der Waals surface area contributed by atoms with Crippen LogP contribution >= 0.6 is 15.9 Å². The molecule has 1 aromatic heterocycles. The Morgan fingerprint density at radius 1 is 1.12 bits per heavy atom. The molecule has 1 aromatic carbocycles. The third-order valence-corrected chi connectivity index (χ3v) is 6.87. The highest BCUT2D eigenvalue weighted by molar-refractivity contribution is 9.10. The van der Waals surface area contributed by atoms with Crippen LogP contribution in [0.5, 0.6) is 0 Å². The van der Waals surface area contributed by atoms with E-state index in [-0.39, 0.29) is 10.8 Å². The molecule has 0 unspecified atom stereocenters. The highest BCUT2D eigenvalue weighted by Gasteiger charge is 2.25. The van der Waals surface area contributed by atoms with Crippen molar-refractivity contribution in [2.45, 2.75) is 32.2 Å². The van der Waals surface area contributed by atoms with E-state index in [1.165, 1.54) is 16.4 Å². The van der Waals surface area contributed by atoms with Gasteiger partial charge in [0, 0.05) is 36.2 Å². The third kappa shape index (κ3) is 4.36. The van der Waals surface area contributed by atoms with Gasteiger partial charge in [0.1, 0.15) is 0 Å². The van der Waals surface area contributed by atoms with Crippen LogP contribution in [0.3, 0.4) is 0 Å². The molecule has 6 nitrogen and oxygen atoms in total. The number of hydrogen-bond donors (Lipinski definition) is 0. The smallest absolute Gasteiger partial charge is 0.255 e. The van der Waals surface area contributed by atoms with Gasteiger partial charge in [0.25, 0.3) is 5.91 Å². The molecule has 0 radical (unpaired) electrons. The number of hydrogen-bond acceptors (Lipinski definition) is 4. The first kappa shape index (κ1) is 20.7. The molecule has 0 spiro atoms. The van der Waals surface area contributed by atoms with Crippen LogP contribution in [-0.2, 0) is 16.6 Å². The molecule has 0 fully saturated rings. The average molecular weight is 443 g/mol. The molecule has 2 aromatic rings. The molecule has 1 amide bonds. The third-order valence-electron chi connectivity index (χ3n) is 4.13. The quantitative estimate of drug-likeness (QED) is 0.624. The van der Waals surface area contributed by atoms with Gasteiger partial charge in [-0.25, -0.2) is 8.42 Å². The summed E-state index contributed by atoms with van der Waals surface area (Å²) in [6, 6.07) is 6.36. The molecule has 0 aliphatic carbocycles. The van der Waals surface area contributed by atoms with Gasteiger partial charge in [0.05, 0.1) is 23.0 Å². The van der Waals surface area contributed by atoms with Crippen LogP contribution in [0.25, 0.3) is 0 Å². The zero-order valence-corrected chi connectivity index (χ0v) is 17.5. The Morgan fingerprint density at radius 2 is 1.81 bits per heavy atom. The monoisotopic (exact) mass is 442 g/mol. The van der Waals surface area contributed by atoms with Crippen molar-refractivity contribution >= 4 is 31.9 Å².